The number of rotatable bonds is 8. The van der Waals surface area contributed by atoms with Crippen LogP contribution in [-0.2, 0) is 34.7 Å². The maximum Gasteiger partial charge on any atom is 0.329 e. The number of sulfone groups is 1. The van der Waals surface area contributed by atoms with Crippen LogP contribution in [-0.4, -0.2) is 60.2 Å². The van der Waals surface area contributed by atoms with Gasteiger partial charge in [-0.1, -0.05) is 30.3 Å². The zero-order valence-electron chi connectivity index (χ0n) is 17.5. The molecule has 0 spiro atoms. The lowest BCUT2D eigenvalue weighted by Gasteiger charge is -2.29. The maximum atomic E-state index is 13.1. The van der Waals surface area contributed by atoms with Crippen LogP contribution < -0.4 is 0 Å². The van der Waals surface area contributed by atoms with Gasteiger partial charge in [0.25, 0.3) is 0 Å². The smallest absolute Gasteiger partial charge is 0.329 e. The minimum atomic E-state index is -3.75. The van der Waals surface area contributed by atoms with Gasteiger partial charge in [0.2, 0.25) is 5.91 Å². The van der Waals surface area contributed by atoms with Crippen molar-refractivity contribution in [2.24, 2.45) is 5.92 Å². The molecule has 2 atom stereocenters. The Morgan fingerprint density at radius 3 is 2.40 bits per heavy atom. The molecule has 1 aliphatic heterocycles. The first-order valence-electron chi connectivity index (χ1n) is 9.87. The van der Waals surface area contributed by atoms with Gasteiger partial charge in [0.05, 0.1) is 23.8 Å². The zero-order chi connectivity index (χ0) is 22.5. The molecule has 30 heavy (non-hydrogen) atoms. The molecule has 1 saturated heterocycles. The fraction of sp³-hybridized carbons (Fsp3) is 0.571. The van der Waals surface area contributed by atoms with Crippen LogP contribution in [0.1, 0.15) is 45.6 Å². The Morgan fingerprint density at radius 1 is 1.20 bits per heavy atom. The van der Waals surface area contributed by atoms with Crippen molar-refractivity contribution in [3.05, 3.63) is 35.9 Å². The summed E-state index contributed by atoms with van der Waals surface area (Å²) in [6, 6.07) is 7.66. The van der Waals surface area contributed by atoms with Gasteiger partial charge in [0.15, 0.2) is 9.84 Å². The number of ether oxygens (including phenoxy) is 1. The molecule has 1 aromatic carbocycles. The van der Waals surface area contributed by atoms with Crippen molar-refractivity contribution in [2.75, 3.05) is 12.3 Å². The number of carbonyl (C=O) groups excluding carboxylic acids is 2. The Morgan fingerprint density at radius 2 is 1.83 bits per heavy atom. The van der Waals surface area contributed by atoms with E-state index >= 15 is 0 Å². The second-order valence-electron chi connectivity index (χ2n) is 8.56. The number of nitrogens with zero attached hydrogens (tertiary/aromatic N) is 1. The Balaban J connectivity index is 2.18. The zero-order valence-corrected chi connectivity index (χ0v) is 18.4. The number of likely N-dealkylation sites (tertiary alicyclic amines) is 1. The predicted octanol–water partition coefficient (Wildman–Crippen LogP) is 2.03. The highest BCUT2D eigenvalue weighted by Gasteiger charge is 2.41. The first kappa shape index (κ1) is 23.9. The second-order valence-corrected chi connectivity index (χ2v) is 10.7. The van der Waals surface area contributed by atoms with E-state index in [4.69, 9.17) is 4.74 Å². The first-order chi connectivity index (χ1) is 13.9. The van der Waals surface area contributed by atoms with E-state index in [1.807, 2.05) is 0 Å². The molecule has 0 unspecified atom stereocenters. The topological polar surface area (TPSA) is 118 Å². The minimum absolute atomic E-state index is 0.262. The van der Waals surface area contributed by atoms with Gasteiger partial charge in [-0.25, -0.2) is 13.2 Å². The number of esters is 1. The van der Waals surface area contributed by atoms with E-state index in [1.54, 1.807) is 51.1 Å². The lowest BCUT2D eigenvalue weighted by atomic mass is 10.1. The summed E-state index contributed by atoms with van der Waals surface area (Å²) in [5.41, 5.74) is -0.166. The molecular formula is C21H29NO7S. The van der Waals surface area contributed by atoms with E-state index in [2.05, 4.69) is 0 Å². The first-order valence-corrected chi connectivity index (χ1v) is 11.7. The van der Waals surface area contributed by atoms with Crippen molar-refractivity contribution >= 4 is 27.7 Å². The van der Waals surface area contributed by atoms with Crippen molar-refractivity contribution < 1.29 is 32.6 Å². The lowest BCUT2D eigenvalue weighted by molar-refractivity contribution is -0.164. The average molecular weight is 440 g/mol. The summed E-state index contributed by atoms with van der Waals surface area (Å²) in [7, 11) is -3.75. The highest BCUT2D eigenvalue weighted by molar-refractivity contribution is 7.90. The number of carboxylic acids is 1. The third-order valence-corrected chi connectivity index (χ3v) is 6.35. The van der Waals surface area contributed by atoms with E-state index in [9.17, 15) is 27.9 Å². The molecule has 8 nitrogen and oxygen atoms in total. The molecule has 1 aliphatic rings. The van der Waals surface area contributed by atoms with Gasteiger partial charge < -0.3 is 14.7 Å². The van der Waals surface area contributed by atoms with Gasteiger partial charge >= 0.3 is 11.9 Å². The lowest BCUT2D eigenvalue weighted by Crippen LogP contribution is -2.47. The molecule has 1 heterocycles. The molecule has 1 fully saturated rings. The van der Waals surface area contributed by atoms with Crippen LogP contribution in [0.25, 0.3) is 0 Å². The summed E-state index contributed by atoms with van der Waals surface area (Å²) < 4.78 is 30.7. The van der Waals surface area contributed by atoms with E-state index in [0.717, 1.165) is 0 Å². The molecular weight excluding hydrogens is 410 g/mol. The van der Waals surface area contributed by atoms with Crippen molar-refractivity contribution in [2.45, 2.75) is 57.4 Å². The molecule has 0 aromatic heterocycles. The standard InChI is InChI=1S/C21H29NO7S/c1-21(2,3)29-20(26)17-10-7-11-22(17)19(25)16(12-18(23)24)14-30(27,28)13-15-8-5-4-6-9-15/h4-6,8-9,16-17H,7,10-14H2,1-3H3,(H,23,24)/t16-,17-/m0/s1. The van der Waals surface area contributed by atoms with Gasteiger partial charge in [0.1, 0.15) is 11.6 Å². The molecule has 1 amide bonds. The SMILES string of the molecule is CC(C)(C)OC(=O)[C@@H]1CCCN1C(=O)[C@@H](CC(=O)O)CS(=O)(=O)Cc1ccccc1. The largest absolute Gasteiger partial charge is 0.481 e. The molecule has 0 bridgehead atoms. The molecule has 1 aromatic rings. The second kappa shape index (κ2) is 9.59. The predicted molar refractivity (Wildman–Crippen MR) is 110 cm³/mol. The number of hydrogen-bond acceptors (Lipinski definition) is 6. The third kappa shape index (κ3) is 7.12. The summed E-state index contributed by atoms with van der Waals surface area (Å²) in [4.78, 5) is 38.2. The fourth-order valence-corrected chi connectivity index (χ4v) is 5.19. The van der Waals surface area contributed by atoms with Crippen LogP contribution in [0.3, 0.4) is 0 Å². The van der Waals surface area contributed by atoms with Crippen molar-refractivity contribution in [1.82, 2.24) is 4.90 Å². The number of aliphatic carboxylic acids is 1. The Hall–Kier alpha value is -2.42. The van der Waals surface area contributed by atoms with E-state index in [0.29, 0.717) is 18.4 Å². The average Bonchev–Trinajstić information content (AvgIpc) is 3.08. The summed E-state index contributed by atoms with van der Waals surface area (Å²) in [5, 5.41) is 9.23. The van der Waals surface area contributed by atoms with Crippen LogP contribution in [0.15, 0.2) is 30.3 Å². The number of benzene rings is 1. The molecule has 1 N–H and O–H groups in total. The monoisotopic (exact) mass is 439 g/mol. The van der Waals surface area contributed by atoms with E-state index in [-0.39, 0.29) is 12.3 Å². The molecule has 166 valence electrons. The van der Waals surface area contributed by atoms with E-state index < -0.39 is 57.4 Å². The van der Waals surface area contributed by atoms with Gasteiger partial charge in [0, 0.05) is 6.54 Å². The van der Waals surface area contributed by atoms with Crippen LogP contribution in [0.2, 0.25) is 0 Å². The van der Waals surface area contributed by atoms with Gasteiger partial charge in [-0.2, -0.15) is 0 Å². The summed E-state index contributed by atoms with van der Waals surface area (Å²) >= 11 is 0. The van der Waals surface area contributed by atoms with Crippen molar-refractivity contribution in [3.63, 3.8) is 0 Å². The number of carboxylic acid groups (broad SMARTS) is 1. The highest BCUT2D eigenvalue weighted by atomic mass is 32.2. The van der Waals surface area contributed by atoms with Gasteiger partial charge in [-0.05, 0) is 39.2 Å². The van der Waals surface area contributed by atoms with E-state index in [1.165, 1.54) is 4.90 Å². The van der Waals surface area contributed by atoms with Crippen molar-refractivity contribution in [1.29, 1.82) is 0 Å². The van der Waals surface area contributed by atoms with Crippen LogP contribution >= 0.6 is 0 Å². The molecule has 0 radical (unpaired) electrons. The Bertz CT molecular complexity index is 874. The summed E-state index contributed by atoms with van der Waals surface area (Å²) in [6.07, 6.45) is 0.341. The normalized spacial score (nSPS) is 18.1. The van der Waals surface area contributed by atoms with Gasteiger partial charge in [-0.3, -0.25) is 9.59 Å². The van der Waals surface area contributed by atoms with Crippen LogP contribution in [0.4, 0.5) is 0 Å². The highest BCUT2D eigenvalue weighted by Crippen LogP contribution is 2.25. The Kier molecular flexibility index (Phi) is 7.63. The minimum Gasteiger partial charge on any atom is -0.481 e. The summed E-state index contributed by atoms with van der Waals surface area (Å²) in [6.45, 7) is 5.41. The molecule has 9 heteroatoms. The number of amides is 1. The third-order valence-electron chi connectivity index (χ3n) is 4.67. The number of carbonyl (C=O) groups is 3. The quantitative estimate of drug-likeness (QED) is 0.616. The Labute approximate surface area is 177 Å². The molecule has 0 aliphatic carbocycles. The molecule has 2 rings (SSSR count). The maximum absolute atomic E-state index is 13.1. The fourth-order valence-electron chi connectivity index (χ4n) is 3.50. The van der Waals surface area contributed by atoms with Gasteiger partial charge in [-0.15, -0.1) is 0 Å². The molecule has 0 saturated carbocycles. The van der Waals surface area contributed by atoms with Crippen LogP contribution in [0.5, 0.6) is 0 Å². The summed E-state index contributed by atoms with van der Waals surface area (Å²) in [5.74, 6) is -4.61. The number of hydrogen-bond donors (Lipinski definition) is 1. The van der Waals surface area contributed by atoms with Crippen molar-refractivity contribution in [3.8, 4) is 0 Å². The van der Waals surface area contributed by atoms with Crippen LogP contribution in [0, 0.1) is 5.92 Å².